The summed E-state index contributed by atoms with van der Waals surface area (Å²) in [7, 11) is 1.73. The van der Waals surface area contributed by atoms with Crippen molar-refractivity contribution in [1.29, 1.82) is 0 Å². The van der Waals surface area contributed by atoms with Crippen LogP contribution in [0.3, 0.4) is 0 Å². The van der Waals surface area contributed by atoms with Crippen LogP contribution in [-0.2, 0) is 22.4 Å². The molecule has 0 aromatic carbocycles. The second kappa shape index (κ2) is 10.9. The first-order valence-electron chi connectivity index (χ1n) is 12.1. The highest BCUT2D eigenvalue weighted by molar-refractivity contribution is 7.19. The lowest BCUT2D eigenvalue weighted by molar-refractivity contribution is 0.0236. The SMILES string of the molecule is Cc1c(C[C@H](C)N(C)C(=O)OC(C)(C)C)sc2c(N(Cc3ccco3)C(=O)OC(C)(C)C)cc(Cl)nc12. The van der Waals surface area contributed by atoms with Gasteiger partial charge in [0.05, 0.1) is 28.7 Å². The summed E-state index contributed by atoms with van der Waals surface area (Å²) in [5, 5.41) is 0.266. The number of amides is 2. The van der Waals surface area contributed by atoms with Gasteiger partial charge in [0.1, 0.15) is 22.1 Å². The van der Waals surface area contributed by atoms with Crippen LogP contribution in [0, 0.1) is 6.92 Å². The molecule has 0 N–H and O–H groups in total. The first-order valence-corrected chi connectivity index (χ1v) is 13.3. The van der Waals surface area contributed by atoms with E-state index in [-0.39, 0.29) is 23.8 Å². The number of aryl methyl sites for hydroxylation is 1. The number of hydrogen-bond acceptors (Lipinski definition) is 7. The Morgan fingerprint density at radius 3 is 2.32 bits per heavy atom. The second-order valence-electron chi connectivity index (χ2n) is 11.1. The van der Waals surface area contributed by atoms with Gasteiger partial charge < -0.3 is 18.8 Å². The number of pyridine rings is 1. The van der Waals surface area contributed by atoms with Gasteiger partial charge in [-0.2, -0.15) is 0 Å². The molecule has 0 saturated heterocycles. The first kappa shape index (κ1) is 28.8. The zero-order valence-corrected chi connectivity index (χ0v) is 24.5. The number of furan rings is 1. The monoisotopic (exact) mass is 549 g/mol. The topological polar surface area (TPSA) is 85.1 Å². The normalized spacial score (nSPS) is 12.9. The lowest BCUT2D eigenvalue weighted by Gasteiger charge is -2.28. The summed E-state index contributed by atoms with van der Waals surface area (Å²) >= 11 is 7.98. The molecule has 8 nitrogen and oxygen atoms in total. The Hall–Kier alpha value is -2.78. The van der Waals surface area contributed by atoms with Crippen molar-refractivity contribution in [3.63, 3.8) is 0 Å². The predicted octanol–water partition coefficient (Wildman–Crippen LogP) is 7.59. The number of anilines is 1. The Balaban J connectivity index is 2.01. The molecule has 37 heavy (non-hydrogen) atoms. The van der Waals surface area contributed by atoms with E-state index < -0.39 is 17.3 Å². The molecular weight excluding hydrogens is 514 g/mol. The number of aromatic nitrogens is 1. The van der Waals surface area contributed by atoms with Gasteiger partial charge in [0, 0.05) is 30.5 Å². The summed E-state index contributed by atoms with van der Waals surface area (Å²) in [6.45, 7) is 15.1. The van der Waals surface area contributed by atoms with Crippen molar-refractivity contribution >= 4 is 51.0 Å². The first-order chi connectivity index (χ1) is 17.1. The third-order valence-electron chi connectivity index (χ3n) is 5.54. The number of fused-ring (bicyclic) bond motifs is 1. The second-order valence-corrected chi connectivity index (χ2v) is 12.6. The molecule has 10 heteroatoms. The average Bonchev–Trinajstić information content (AvgIpc) is 3.37. The summed E-state index contributed by atoms with van der Waals surface area (Å²) in [6.07, 6.45) is 1.26. The van der Waals surface area contributed by atoms with Crippen molar-refractivity contribution in [3.05, 3.63) is 45.8 Å². The number of halogens is 1. The summed E-state index contributed by atoms with van der Waals surface area (Å²) in [5.41, 5.74) is 0.992. The predicted molar refractivity (Wildman–Crippen MR) is 148 cm³/mol. The summed E-state index contributed by atoms with van der Waals surface area (Å²) in [6, 6.07) is 5.11. The summed E-state index contributed by atoms with van der Waals surface area (Å²) < 4.78 is 17.6. The molecule has 0 aliphatic carbocycles. The van der Waals surface area contributed by atoms with Gasteiger partial charge in [-0.1, -0.05) is 11.6 Å². The Morgan fingerprint density at radius 1 is 1.14 bits per heavy atom. The minimum atomic E-state index is -0.688. The Labute approximate surface area is 227 Å². The standard InChI is InChI=1S/C27H36ClN3O5S/c1-16(30(9)24(32)35-26(3,4)5)13-20-17(2)22-23(37-20)19(14-21(28)29-22)31(15-18-11-10-12-34-18)25(33)36-27(6,7)8/h10-12,14,16H,13,15H2,1-9H3/t16-/m0/s1. The molecule has 0 spiro atoms. The number of rotatable bonds is 6. The van der Waals surface area contributed by atoms with Gasteiger partial charge >= 0.3 is 12.2 Å². The molecule has 0 saturated carbocycles. The van der Waals surface area contributed by atoms with Crippen LogP contribution in [0.5, 0.6) is 0 Å². The van der Waals surface area contributed by atoms with Crippen molar-refractivity contribution in [2.24, 2.45) is 0 Å². The highest BCUT2D eigenvalue weighted by Crippen LogP contribution is 2.40. The lowest BCUT2D eigenvalue weighted by Crippen LogP contribution is -2.40. The average molecular weight is 550 g/mol. The van der Waals surface area contributed by atoms with Crippen LogP contribution in [0.25, 0.3) is 10.2 Å². The Morgan fingerprint density at radius 2 is 1.76 bits per heavy atom. The molecule has 0 aliphatic rings. The Kier molecular flexibility index (Phi) is 8.49. The highest BCUT2D eigenvalue weighted by Gasteiger charge is 2.29. The van der Waals surface area contributed by atoms with Gasteiger partial charge in [0.25, 0.3) is 0 Å². The van der Waals surface area contributed by atoms with E-state index in [0.29, 0.717) is 23.4 Å². The minimum Gasteiger partial charge on any atom is -0.467 e. The molecule has 0 unspecified atom stereocenters. The molecule has 3 heterocycles. The van der Waals surface area contributed by atoms with Gasteiger partial charge in [0.15, 0.2) is 0 Å². The maximum absolute atomic E-state index is 13.3. The fourth-order valence-corrected chi connectivity index (χ4v) is 5.19. The molecule has 0 bridgehead atoms. The molecule has 0 aliphatic heterocycles. The van der Waals surface area contributed by atoms with Crippen LogP contribution in [-0.4, -0.2) is 46.4 Å². The number of carbonyl (C=O) groups excluding carboxylic acids is 2. The lowest BCUT2D eigenvalue weighted by atomic mass is 10.1. The van der Waals surface area contributed by atoms with Crippen molar-refractivity contribution in [1.82, 2.24) is 9.88 Å². The third-order valence-corrected chi connectivity index (χ3v) is 7.06. The highest BCUT2D eigenvalue weighted by atomic mass is 35.5. The van der Waals surface area contributed by atoms with Crippen molar-refractivity contribution < 1.29 is 23.5 Å². The van der Waals surface area contributed by atoms with Crippen LogP contribution in [0.15, 0.2) is 28.9 Å². The van der Waals surface area contributed by atoms with Crippen molar-refractivity contribution in [2.75, 3.05) is 11.9 Å². The largest absolute Gasteiger partial charge is 0.467 e. The molecule has 0 fully saturated rings. The van der Waals surface area contributed by atoms with Gasteiger partial charge in [-0.25, -0.2) is 14.6 Å². The fraction of sp³-hybridized carbons (Fsp3) is 0.519. The Bertz CT molecular complexity index is 1260. The molecular formula is C27H36ClN3O5S. The summed E-state index contributed by atoms with van der Waals surface area (Å²) in [4.78, 5) is 34.7. The molecule has 3 aromatic heterocycles. The van der Waals surface area contributed by atoms with Crippen LogP contribution in [0.4, 0.5) is 15.3 Å². The maximum atomic E-state index is 13.3. The molecule has 0 radical (unpaired) electrons. The van der Waals surface area contributed by atoms with Crippen molar-refractivity contribution in [2.45, 2.75) is 85.6 Å². The molecule has 3 aromatic rings. The zero-order chi connectivity index (χ0) is 27.7. The van der Waals surface area contributed by atoms with E-state index >= 15 is 0 Å². The van der Waals surface area contributed by atoms with E-state index in [4.69, 9.17) is 25.5 Å². The van der Waals surface area contributed by atoms with Gasteiger partial charge in [-0.05, 0) is 73.1 Å². The van der Waals surface area contributed by atoms with Gasteiger partial charge in [-0.3, -0.25) is 4.90 Å². The smallest absolute Gasteiger partial charge is 0.415 e. The minimum absolute atomic E-state index is 0.134. The van der Waals surface area contributed by atoms with Crippen LogP contribution in [0.1, 0.15) is 64.7 Å². The molecule has 1 atom stereocenters. The molecule has 2 amide bonds. The van der Waals surface area contributed by atoms with E-state index in [1.807, 2.05) is 55.4 Å². The van der Waals surface area contributed by atoms with E-state index in [0.717, 1.165) is 15.1 Å². The van der Waals surface area contributed by atoms with Gasteiger partial charge in [-0.15, -0.1) is 11.3 Å². The summed E-state index contributed by atoms with van der Waals surface area (Å²) in [5.74, 6) is 0.605. The number of ether oxygens (including phenoxy) is 2. The third kappa shape index (κ3) is 7.38. The number of carbonyl (C=O) groups is 2. The van der Waals surface area contributed by atoms with Crippen LogP contribution >= 0.6 is 22.9 Å². The van der Waals surface area contributed by atoms with E-state index in [1.54, 1.807) is 36.4 Å². The van der Waals surface area contributed by atoms with Crippen LogP contribution < -0.4 is 4.90 Å². The number of thiophene rings is 1. The fourth-order valence-electron chi connectivity index (χ4n) is 3.61. The zero-order valence-electron chi connectivity index (χ0n) is 23.0. The number of hydrogen-bond donors (Lipinski definition) is 0. The quantitative estimate of drug-likeness (QED) is 0.294. The maximum Gasteiger partial charge on any atom is 0.415 e. The number of likely N-dealkylation sites (N-methyl/N-ethyl adjacent to an activating group) is 1. The molecule has 3 rings (SSSR count). The van der Waals surface area contributed by atoms with Crippen LogP contribution in [0.2, 0.25) is 5.15 Å². The number of nitrogens with zero attached hydrogens (tertiary/aromatic N) is 3. The van der Waals surface area contributed by atoms with E-state index in [2.05, 4.69) is 4.98 Å². The van der Waals surface area contributed by atoms with E-state index in [1.165, 1.54) is 16.2 Å². The van der Waals surface area contributed by atoms with Crippen molar-refractivity contribution in [3.8, 4) is 0 Å². The molecule has 202 valence electrons. The van der Waals surface area contributed by atoms with E-state index in [9.17, 15) is 9.59 Å². The van der Waals surface area contributed by atoms with Gasteiger partial charge in [0.2, 0.25) is 0 Å².